The van der Waals surface area contributed by atoms with Crippen molar-refractivity contribution in [1.82, 2.24) is 19.5 Å². The van der Waals surface area contributed by atoms with Gasteiger partial charge in [0.1, 0.15) is 5.75 Å². The van der Waals surface area contributed by atoms with Gasteiger partial charge in [0.15, 0.2) is 0 Å². The van der Waals surface area contributed by atoms with E-state index in [1.54, 1.807) is 33.5 Å². The number of nitrogens with zero attached hydrogens (tertiary/aromatic N) is 2. The molecular weight excluding hydrogens is 657 g/mol. The average Bonchev–Trinajstić information content (AvgIpc) is 3.50. The zero-order valence-electron chi connectivity index (χ0n) is 29.7. The number of aryl methyl sites for hydroxylation is 1. The number of hydrogen-bond acceptors (Lipinski definition) is 8. The highest BCUT2D eigenvalue weighted by atomic mass is 32.2. The van der Waals surface area contributed by atoms with Crippen LogP contribution in [0.4, 0.5) is 0 Å². The first-order valence-corrected chi connectivity index (χ1v) is 18.9. The summed E-state index contributed by atoms with van der Waals surface area (Å²) < 4.78 is 46.8. The molecule has 1 aliphatic carbocycles. The Morgan fingerprint density at radius 1 is 1.02 bits per heavy atom. The van der Waals surface area contributed by atoms with Gasteiger partial charge in [-0.15, -0.1) is 0 Å². The van der Waals surface area contributed by atoms with Gasteiger partial charge in [0.2, 0.25) is 5.91 Å². The highest BCUT2D eigenvalue weighted by Crippen LogP contribution is 2.66. The molecule has 0 bridgehead atoms. The van der Waals surface area contributed by atoms with Gasteiger partial charge in [-0.05, 0) is 67.6 Å². The Morgan fingerprint density at radius 3 is 2.34 bits per heavy atom. The highest BCUT2D eigenvalue weighted by molar-refractivity contribution is 7.93. The van der Waals surface area contributed by atoms with E-state index in [9.17, 15) is 13.2 Å². The maximum Gasteiger partial charge on any atom is 0.265 e. The standard InChI is InChI=1S/C38H48N4O7S/c1-7-8-9-28-27-12-10-25(34(43)40-50(45,46)24(2)3)14-32(27)42-21-38(16-31(38)30-15-26(49-6)11-13-29(30)33(28)42)35(44)41-19-36(22-47-4)17-39-18-37(36,20-41)23-48-5/h10-15,31,39H,2,7-9,16-23H2,1,3-6H3,(H,40,43)/t31-,36-,37+,38-/m0/s1. The minimum atomic E-state index is -4.02. The van der Waals surface area contributed by atoms with Gasteiger partial charge >= 0.3 is 0 Å². The van der Waals surface area contributed by atoms with Crippen LogP contribution in [0.2, 0.25) is 0 Å². The minimum Gasteiger partial charge on any atom is -0.497 e. The number of sulfonamides is 1. The van der Waals surface area contributed by atoms with E-state index in [2.05, 4.69) is 45.1 Å². The first kappa shape index (κ1) is 34.7. The van der Waals surface area contributed by atoms with Crippen LogP contribution >= 0.6 is 0 Å². The number of carbonyl (C=O) groups excluding carboxylic acids is 2. The summed E-state index contributed by atoms with van der Waals surface area (Å²) in [5, 5.41) is 4.56. The van der Waals surface area contributed by atoms with E-state index < -0.39 is 21.3 Å². The lowest BCUT2D eigenvalue weighted by atomic mass is 9.69. The number of allylic oxidation sites excluding steroid dienone is 1. The maximum atomic E-state index is 15.2. The van der Waals surface area contributed by atoms with Gasteiger partial charge in [-0.1, -0.05) is 26.0 Å². The molecule has 2 N–H and O–H groups in total. The van der Waals surface area contributed by atoms with E-state index in [0.717, 1.165) is 65.8 Å². The van der Waals surface area contributed by atoms with Crippen LogP contribution in [-0.4, -0.2) is 90.4 Å². The summed E-state index contributed by atoms with van der Waals surface area (Å²) >= 11 is 0. The van der Waals surface area contributed by atoms with Crippen LogP contribution < -0.4 is 14.8 Å². The van der Waals surface area contributed by atoms with Crippen molar-refractivity contribution in [2.75, 3.05) is 60.7 Å². The summed E-state index contributed by atoms with van der Waals surface area (Å²) in [7, 11) is 1.08. The van der Waals surface area contributed by atoms with Crippen molar-refractivity contribution in [3.63, 3.8) is 0 Å². The smallest absolute Gasteiger partial charge is 0.265 e. The number of ether oxygens (including phenoxy) is 3. The Kier molecular flexibility index (Phi) is 8.68. The number of hydrogen-bond donors (Lipinski definition) is 2. The molecule has 268 valence electrons. The number of carbonyl (C=O) groups is 2. The summed E-state index contributed by atoms with van der Waals surface area (Å²) in [6.45, 7) is 11.2. The van der Waals surface area contributed by atoms with Crippen LogP contribution in [0.3, 0.4) is 0 Å². The predicted molar refractivity (Wildman–Crippen MR) is 192 cm³/mol. The van der Waals surface area contributed by atoms with Gasteiger partial charge in [0.25, 0.3) is 15.9 Å². The minimum absolute atomic E-state index is 0.0171. The van der Waals surface area contributed by atoms with Gasteiger partial charge < -0.3 is 29.0 Å². The third-order valence-corrected chi connectivity index (χ3v) is 13.3. The molecule has 12 heteroatoms. The Morgan fingerprint density at radius 2 is 1.72 bits per heavy atom. The third-order valence-electron chi connectivity index (χ3n) is 11.9. The van der Waals surface area contributed by atoms with Crippen molar-refractivity contribution >= 4 is 32.7 Å². The molecule has 4 heterocycles. The second kappa shape index (κ2) is 12.5. The molecule has 0 radical (unpaired) electrons. The van der Waals surface area contributed by atoms with E-state index in [1.165, 1.54) is 12.5 Å². The molecule has 0 spiro atoms. The molecule has 1 aromatic heterocycles. The second-order valence-electron chi connectivity index (χ2n) is 14.9. The summed E-state index contributed by atoms with van der Waals surface area (Å²) in [6.07, 6.45) is 3.48. The number of unbranched alkanes of at least 4 members (excludes halogenated alkanes) is 1. The van der Waals surface area contributed by atoms with Crippen molar-refractivity contribution in [2.24, 2.45) is 16.2 Å². The molecule has 4 atom stereocenters. The Bertz CT molecular complexity index is 1980. The first-order chi connectivity index (χ1) is 23.9. The van der Waals surface area contributed by atoms with E-state index in [1.807, 2.05) is 12.1 Å². The molecule has 11 nitrogen and oxygen atoms in total. The predicted octanol–water partition coefficient (Wildman–Crippen LogP) is 4.45. The first-order valence-electron chi connectivity index (χ1n) is 17.4. The van der Waals surface area contributed by atoms with Crippen LogP contribution in [-0.2, 0) is 37.3 Å². The Balaban J connectivity index is 1.38. The van der Waals surface area contributed by atoms with E-state index >= 15 is 4.79 Å². The summed E-state index contributed by atoms with van der Waals surface area (Å²) in [5.41, 5.74) is 4.18. The molecule has 3 aromatic rings. The molecule has 50 heavy (non-hydrogen) atoms. The quantitative estimate of drug-likeness (QED) is 0.283. The summed E-state index contributed by atoms with van der Waals surface area (Å²) in [5.74, 6) is 0.132. The van der Waals surface area contributed by atoms with Crippen molar-refractivity contribution in [3.8, 4) is 17.0 Å². The molecule has 3 aliphatic heterocycles. The number of benzene rings is 2. The molecule has 2 amide bonds. The topological polar surface area (TPSA) is 128 Å². The summed E-state index contributed by atoms with van der Waals surface area (Å²) in [4.78, 5) is 30.4. The molecule has 2 saturated heterocycles. The van der Waals surface area contributed by atoms with Crippen molar-refractivity contribution in [3.05, 3.63) is 64.6 Å². The van der Waals surface area contributed by atoms with Crippen molar-refractivity contribution in [2.45, 2.75) is 52.0 Å². The van der Waals surface area contributed by atoms with Gasteiger partial charge in [0, 0.05) is 85.7 Å². The van der Waals surface area contributed by atoms with Crippen LogP contribution in [0.15, 0.2) is 47.9 Å². The van der Waals surface area contributed by atoms with Crippen molar-refractivity contribution < 1.29 is 32.2 Å². The number of methoxy groups -OCH3 is 3. The summed E-state index contributed by atoms with van der Waals surface area (Å²) in [6, 6.07) is 11.5. The van der Waals surface area contributed by atoms with E-state index in [4.69, 9.17) is 14.2 Å². The van der Waals surface area contributed by atoms with E-state index in [0.29, 0.717) is 39.3 Å². The Hall–Kier alpha value is -3.71. The second-order valence-corrected chi connectivity index (χ2v) is 16.9. The van der Waals surface area contributed by atoms with Crippen LogP contribution in [0.1, 0.15) is 60.5 Å². The monoisotopic (exact) mass is 704 g/mol. The molecule has 3 fully saturated rings. The SMILES string of the molecule is C=C(C)S(=O)(=O)NC(=O)c1ccc2c(CCCC)c3n(c2c1)C[C@@]1(C(=O)N2C[C@@]4(COC)CNC[C@@]4(COC)C2)C[C@H]1c1cc(OC)ccc1-3. The van der Waals surface area contributed by atoms with Gasteiger partial charge in [-0.3, -0.25) is 9.59 Å². The fraction of sp³-hybridized carbons (Fsp3) is 0.526. The number of nitrogens with one attached hydrogen (secondary N) is 2. The zero-order valence-corrected chi connectivity index (χ0v) is 30.5. The average molecular weight is 705 g/mol. The van der Waals surface area contributed by atoms with Gasteiger partial charge in [-0.2, -0.15) is 0 Å². The van der Waals surface area contributed by atoms with Gasteiger partial charge in [0.05, 0.1) is 36.3 Å². The van der Waals surface area contributed by atoms with Crippen LogP contribution in [0.25, 0.3) is 22.2 Å². The lowest BCUT2D eigenvalue weighted by Crippen LogP contribution is -2.46. The number of likely N-dealkylation sites (tertiary alicyclic amines) is 1. The number of rotatable bonds is 12. The third kappa shape index (κ3) is 5.20. The highest BCUT2D eigenvalue weighted by Gasteiger charge is 2.68. The molecule has 0 unspecified atom stereocenters. The Labute approximate surface area is 294 Å². The largest absolute Gasteiger partial charge is 0.497 e. The number of aromatic nitrogens is 1. The maximum absolute atomic E-state index is 15.2. The molecule has 2 aromatic carbocycles. The zero-order chi connectivity index (χ0) is 35.6. The molecule has 1 saturated carbocycles. The van der Waals surface area contributed by atoms with E-state index in [-0.39, 0.29) is 33.1 Å². The van der Waals surface area contributed by atoms with Crippen LogP contribution in [0.5, 0.6) is 5.75 Å². The fourth-order valence-corrected chi connectivity index (χ4v) is 9.75. The molecular formula is C38H48N4O7S. The lowest BCUT2D eigenvalue weighted by Gasteiger charge is -2.36. The van der Waals surface area contributed by atoms with Crippen molar-refractivity contribution in [1.29, 1.82) is 0 Å². The number of fused-ring (bicyclic) bond motifs is 8. The lowest BCUT2D eigenvalue weighted by molar-refractivity contribution is -0.137. The molecule has 7 rings (SSSR count). The molecule has 4 aliphatic rings. The number of amides is 2. The van der Waals surface area contributed by atoms with Crippen LogP contribution in [0, 0.1) is 16.2 Å². The van der Waals surface area contributed by atoms with Gasteiger partial charge in [-0.25, -0.2) is 13.1 Å². The normalized spacial score (nSPS) is 26.5. The fourth-order valence-electron chi connectivity index (χ4n) is 9.22.